The molecule has 0 saturated heterocycles. The van der Waals surface area contributed by atoms with Gasteiger partial charge in [-0.3, -0.25) is 0 Å². The van der Waals surface area contributed by atoms with E-state index >= 15 is 0 Å². The summed E-state index contributed by atoms with van der Waals surface area (Å²) >= 11 is 18.4. The van der Waals surface area contributed by atoms with E-state index in [9.17, 15) is 0 Å². The molecule has 0 radical (unpaired) electrons. The number of nitrogens with zero attached hydrogens (tertiary/aromatic N) is 1. The average molecular weight is 865 g/mol. The van der Waals surface area contributed by atoms with Crippen molar-refractivity contribution in [2.24, 2.45) is 4.99 Å². The minimum absolute atomic E-state index is 0. The quantitative estimate of drug-likeness (QED) is 0.00720. The van der Waals surface area contributed by atoms with Crippen molar-refractivity contribution in [1.29, 1.82) is 0 Å². The number of rotatable bonds is 40. The summed E-state index contributed by atoms with van der Waals surface area (Å²) in [5.41, 5.74) is 0. The molecular weight excluding hydrogens is 778 g/mol. The van der Waals surface area contributed by atoms with Crippen LogP contribution in [-0.4, -0.2) is 48.0 Å². The Labute approximate surface area is 366 Å². The van der Waals surface area contributed by atoms with Gasteiger partial charge in [-0.15, -0.1) is 12.6 Å². The number of hydrogen-bond acceptors (Lipinski definition) is 6. The molecule has 0 rings (SSSR count). The Morgan fingerprint density at radius 1 is 0.472 bits per heavy atom. The average Bonchev–Trinajstić information content (AvgIpc) is 3.13. The van der Waals surface area contributed by atoms with Gasteiger partial charge in [0.25, 0.3) is 0 Å². The summed E-state index contributed by atoms with van der Waals surface area (Å²) in [6.45, 7) is 10.6. The molecule has 0 aliphatic heterocycles. The second-order valence-electron chi connectivity index (χ2n) is 14.5. The van der Waals surface area contributed by atoms with E-state index in [0.717, 1.165) is 52.1 Å². The second kappa shape index (κ2) is 54.5. The van der Waals surface area contributed by atoms with Crippen molar-refractivity contribution in [3.63, 3.8) is 0 Å². The summed E-state index contributed by atoms with van der Waals surface area (Å²) in [6.07, 6.45) is 50.1. The Morgan fingerprint density at radius 2 is 0.792 bits per heavy atom. The van der Waals surface area contributed by atoms with Gasteiger partial charge in [0.1, 0.15) is 4.32 Å². The van der Waals surface area contributed by atoms with Gasteiger partial charge in [-0.2, -0.15) is 0 Å². The van der Waals surface area contributed by atoms with Crippen LogP contribution in [0, 0.1) is 0 Å². The van der Waals surface area contributed by atoms with Gasteiger partial charge >= 0.3 is 19.5 Å². The molecule has 4 nitrogen and oxygen atoms in total. The van der Waals surface area contributed by atoms with E-state index in [0.29, 0.717) is 8.70 Å². The first kappa shape index (κ1) is 57.7. The fraction of sp³-hybridized carbons (Fsp3) is 0.864. The van der Waals surface area contributed by atoms with Gasteiger partial charge in [0.15, 0.2) is 0 Å². The molecule has 9 heteroatoms. The Balaban J connectivity index is -0.000000926. The van der Waals surface area contributed by atoms with Crippen LogP contribution >= 0.6 is 24.8 Å². The molecule has 0 spiro atoms. The van der Waals surface area contributed by atoms with Crippen LogP contribution in [0.3, 0.4) is 0 Å². The fourth-order valence-electron chi connectivity index (χ4n) is 6.03. The minimum Gasteiger partial charge on any atom is -0.789 e. The molecule has 0 atom stereocenters. The zero-order chi connectivity index (χ0) is 38.3. The van der Waals surface area contributed by atoms with Gasteiger partial charge in [-0.1, -0.05) is 166 Å². The normalized spacial score (nSPS) is 11.1. The predicted molar refractivity (Wildman–Crippen MR) is 250 cm³/mol. The van der Waals surface area contributed by atoms with Crippen molar-refractivity contribution < 1.29 is 19.5 Å². The van der Waals surface area contributed by atoms with Crippen molar-refractivity contribution in [3.8, 4) is 0 Å². The number of aliphatic imine (C=N–C) groups is 1. The molecule has 308 valence electrons. The van der Waals surface area contributed by atoms with Gasteiger partial charge in [0.05, 0.1) is 0 Å². The molecule has 0 saturated carbocycles. The van der Waals surface area contributed by atoms with Crippen molar-refractivity contribution in [2.45, 2.75) is 206 Å². The van der Waals surface area contributed by atoms with E-state index in [-0.39, 0.29) is 19.5 Å². The first-order valence-corrected chi connectivity index (χ1v) is 23.8. The number of unbranched alkanes of at least 4 members (excludes halogenated alkanes) is 24. The molecule has 0 fully saturated rings. The van der Waals surface area contributed by atoms with E-state index in [4.69, 9.17) is 37.5 Å². The Kier molecular flexibility index (Phi) is 59.3. The molecule has 0 aromatic heterocycles. The topological polar surface area (TPSA) is 48.5 Å². The van der Waals surface area contributed by atoms with E-state index in [1.807, 2.05) is 0 Å². The summed E-state index contributed by atoms with van der Waals surface area (Å²) in [4.78, 5) is 4.04. The number of allylic oxidation sites excluding steroid dienone is 4. The third kappa shape index (κ3) is 61.8. The third-order valence-corrected chi connectivity index (χ3v) is 9.85. The van der Waals surface area contributed by atoms with E-state index in [2.05, 4.69) is 71.7 Å². The minimum atomic E-state index is 0. The zero-order valence-corrected chi connectivity index (χ0v) is 41.4. The zero-order valence-electron chi connectivity index (χ0n) is 35.1. The summed E-state index contributed by atoms with van der Waals surface area (Å²) < 4.78 is 0.955. The summed E-state index contributed by atoms with van der Waals surface area (Å²) in [5.74, 6) is 0. The van der Waals surface area contributed by atoms with Crippen LogP contribution < -0.4 is 16.0 Å². The standard InChI is InChI=1S/2C22H44N2S2.Zn/c2*1-2-3-4-5-6-7-8-9-10-11-12-13-14-15-16-17-19-23-20-18-21-24-22(25)26;/h2*9-10,23H,2-8,11-21H2,1H3,(H2,24,25,26);/q;;+2/p-2. The monoisotopic (exact) mass is 863 g/mol. The molecule has 0 aliphatic carbocycles. The maximum absolute atomic E-state index is 4.85. The van der Waals surface area contributed by atoms with Crippen LogP contribution in [0.2, 0.25) is 0 Å². The van der Waals surface area contributed by atoms with Gasteiger partial charge in [-0.05, 0) is 103 Å². The molecule has 0 bridgehead atoms. The SMILES string of the molecule is CCCCCCCCC=CCCCCCCCCNCCCN=C([S-])[S-].CCCCCCCCC=CCCCCCCCCNCCCNC(=S)S.[Zn+2]. The number of thiol groups is 1. The molecule has 0 unspecified atom stereocenters. The number of nitrogens with one attached hydrogen (secondary N) is 3. The molecule has 0 heterocycles. The van der Waals surface area contributed by atoms with Crippen molar-refractivity contribution in [3.05, 3.63) is 24.3 Å². The molecular formula is C44H86N4S4Zn. The van der Waals surface area contributed by atoms with Crippen LogP contribution in [0.15, 0.2) is 29.3 Å². The Morgan fingerprint density at radius 3 is 1.15 bits per heavy atom. The predicted octanol–water partition coefficient (Wildman–Crippen LogP) is 13.3. The number of hydrogen-bond donors (Lipinski definition) is 4. The molecule has 0 amide bonds. The van der Waals surface area contributed by atoms with Gasteiger partial charge in [-0.25, -0.2) is 4.38 Å². The van der Waals surface area contributed by atoms with E-state index in [1.54, 1.807) is 0 Å². The molecule has 0 aliphatic rings. The smallest absolute Gasteiger partial charge is 0.789 e. The van der Waals surface area contributed by atoms with Gasteiger partial charge < -0.3 is 46.2 Å². The fourth-order valence-corrected chi connectivity index (χ4v) is 6.42. The molecule has 53 heavy (non-hydrogen) atoms. The van der Waals surface area contributed by atoms with Crippen LogP contribution in [0.5, 0.6) is 0 Å². The maximum Gasteiger partial charge on any atom is 2.00 e. The molecule has 3 N–H and O–H groups in total. The number of thiocarbonyl (C=S) groups is 1. The second-order valence-corrected chi connectivity index (χ2v) is 16.7. The van der Waals surface area contributed by atoms with Crippen molar-refractivity contribution in [2.75, 3.05) is 39.3 Å². The molecule has 0 aromatic carbocycles. The summed E-state index contributed by atoms with van der Waals surface area (Å²) in [5, 5.41) is 10.0. The largest absolute Gasteiger partial charge is 2.00 e. The van der Waals surface area contributed by atoms with Gasteiger partial charge in [0, 0.05) is 13.1 Å². The first-order valence-electron chi connectivity index (χ1n) is 22.1. The Hall–Kier alpha value is 0.373. The summed E-state index contributed by atoms with van der Waals surface area (Å²) in [7, 11) is 0. The maximum atomic E-state index is 4.85. The van der Waals surface area contributed by atoms with Crippen LogP contribution in [0.1, 0.15) is 206 Å². The summed E-state index contributed by atoms with van der Waals surface area (Å²) in [6, 6.07) is 0. The van der Waals surface area contributed by atoms with Crippen molar-refractivity contribution >= 4 is 58.8 Å². The van der Waals surface area contributed by atoms with E-state index < -0.39 is 0 Å². The van der Waals surface area contributed by atoms with Crippen molar-refractivity contribution in [1.82, 2.24) is 16.0 Å². The van der Waals surface area contributed by atoms with Crippen LogP contribution in [-0.2, 0) is 44.7 Å². The van der Waals surface area contributed by atoms with E-state index in [1.165, 1.54) is 180 Å². The van der Waals surface area contributed by atoms with Gasteiger partial charge in [0.2, 0.25) is 0 Å². The molecule has 0 aromatic rings. The Bertz CT molecular complexity index is 779. The first-order chi connectivity index (χ1) is 25.5. The van der Waals surface area contributed by atoms with Crippen LogP contribution in [0.25, 0.3) is 0 Å². The van der Waals surface area contributed by atoms with Crippen LogP contribution in [0.4, 0.5) is 0 Å². The third-order valence-electron chi connectivity index (χ3n) is 9.29.